The zero-order valence-corrected chi connectivity index (χ0v) is 8.69. The number of carboxylic acids is 1. The van der Waals surface area contributed by atoms with Gasteiger partial charge in [-0.05, 0) is 26.2 Å². The molecule has 5 nitrogen and oxygen atoms in total. The van der Waals surface area contributed by atoms with Gasteiger partial charge in [0.15, 0.2) is 11.6 Å². The molecule has 15 heavy (non-hydrogen) atoms. The van der Waals surface area contributed by atoms with Crippen LogP contribution >= 0.6 is 0 Å². The second-order valence-corrected chi connectivity index (χ2v) is 3.79. The molecule has 0 spiro atoms. The molecule has 0 amide bonds. The maximum Gasteiger partial charge on any atom is 0.343 e. The first-order chi connectivity index (χ1) is 7.20. The predicted molar refractivity (Wildman–Crippen MR) is 54.3 cm³/mol. The number of nitrogens with zero attached hydrogens (tertiary/aromatic N) is 2. The summed E-state index contributed by atoms with van der Waals surface area (Å²) in [6.07, 6.45) is 3.38. The van der Waals surface area contributed by atoms with Crippen LogP contribution in [0.4, 0.5) is 5.82 Å². The minimum atomic E-state index is -0.964. The van der Waals surface area contributed by atoms with Crippen molar-refractivity contribution in [3.63, 3.8) is 0 Å². The van der Waals surface area contributed by atoms with Gasteiger partial charge < -0.3 is 14.5 Å². The highest BCUT2D eigenvalue weighted by Crippen LogP contribution is 2.25. The fraction of sp³-hybridized carbons (Fsp3) is 0.600. The molecular weight excluding hydrogens is 196 g/mol. The third-order valence-corrected chi connectivity index (χ3v) is 2.71. The van der Waals surface area contributed by atoms with Crippen LogP contribution in [-0.4, -0.2) is 29.3 Å². The van der Waals surface area contributed by atoms with E-state index in [1.165, 1.54) is 6.42 Å². The van der Waals surface area contributed by atoms with Gasteiger partial charge in [0.2, 0.25) is 0 Å². The number of aromatic nitrogens is 1. The number of carbonyl (C=O) groups is 1. The van der Waals surface area contributed by atoms with Crippen LogP contribution in [0.5, 0.6) is 0 Å². The van der Waals surface area contributed by atoms with Crippen LogP contribution in [0.3, 0.4) is 0 Å². The van der Waals surface area contributed by atoms with Gasteiger partial charge in [0.05, 0.1) is 0 Å². The first-order valence-corrected chi connectivity index (χ1v) is 5.14. The van der Waals surface area contributed by atoms with Gasteiger partial charge in [0.25, 0.3) is 0 Å². The van der Waals surface area contributed by atoms with E-state index in [0.717, 1.165) is 25.9 Å². The van der Waals surface area contributed by atoms with E-state index in [4.69, 9.17) is 9.63 Å². The van der Waals surface area contributed by atoms with Gasteiger partial charge >= 0.3 is 5.97 Å². The van der Waals surface area contributed by atoms with Crippen molar-refractivity contribution >= 4 is 11.8 Å². The van der Waals surface area contributed by atoms with Crippen LogP contribution in [0.25, 0.3) is 0 Å². The van der Waals surface area contributed by atoms with Crippen molar-refractivity contribution in [2.45, 2.75) is 26.2 Å². The lowest BCUT2D eigenvalue weighted by Crippen LogP contribution is -2.30. The lowest BCUT2D eigenvalue weighted by molar-refractivity contribution is 0.0695. The van der Waals surface area contributed by atoms with E-state index in [1.807, 2.05) is 4.90 Å². The number of anilines is 1. The smallest absolute Gasteiger partial charge is 0.343 e. The number of aryl methyl sites for hydroxylation is 1. The predicted octanol–water partition coefficient (Wildman–Crippen LogP) is 1.67. The highest BCUT2D eigenvalue weighted by atomic mass is 16.5. The van der Waals surface area contributed by atoms with Crippen molar-refractivity contribution in [3.05, 3.63) is 11.3 Å². The van der Waals surface area contributed by atoms with Gasteiger partial charge in [-0.2, -0.15) is 0 Å². The van der Waals surface area contributed by atoms with Crippen molar-refractivity contribution in [1.29, 1.82) is 0 Å². The Bertz CT molecular complexity index is 367. The van der Waals surface area contributed by atoms with E-state index in [1.54, 1.807) is 6.92 Å². The molecule has 1 saturated heterocycles. The van der Waals surface area contributed by atoms with Crippen LogP contribution < -0.4 is 4.90 Å². The molecule has 5 heteroatoms. The normalized spacial score (nSPS) is 16.7. The Kier molecular flexibility index (Phi) is 2.62. The Labute approximate surface area is 87.7 Å². The Hall–Kier alpha value is -1.52. The van der Waals surface area contributed by atoms with E-state index >= 15 is 0 Å². The minimum Gasteiger partial charge on any atom is -0.477 e. The molecule has 82 valence electrons. The third kappa shape index (κ3) is 1.82. The second-order valence-electron chi connectivity index (χ2n) is 3.79. The highest BCUT2D eigenvalue weighted by Gasteiger charge is 2.24. The van der Waals surface area contributed by atoms with E-state index in [2.05, 4.69) is 5.16 Å². The van der Waals surface area contributed by atoms with Crippen LogP contribution in [0.2, 0.25) is 0 Å². The molecule has 0 bridgehead atoms. The number of hydrogen-bond donors (Lipinski definition) is 1. The van der Waals surface area contributed by atoms with Crippen molar-refractivity contribution in [3.8, 4) is 0 Å². The molecular formula is C10H14N2O3. The van der Waals surface area contributed by atoms with E-state index in [9.17, 15) is 4.79 Å². The summed E-state index contributed by atoms with van der Waals surface area (Å²) in [6.45, 7) is 3.36. The van der Waals surface area contributed by atoms with Gasteiger partial charge in [0.1, 0.15) is 5.56 Å². The van der Waals surface area contributed by atoms with Crippen molar-refractivity contribution in [1.82, 2.24) is 5.16 Å². The molecule has 0 unspecified atom stereocenters. The maximum absolute atomic E-state index is 11.0. The van der Waals surface area contributed by atoms with Crippen molar-refractivity contribution in [2.75, 3.05) is 18.0 Å². The first kappa shape index (κ1) is 10.0. The summed E-state index contributed by atoms with van der Waals surface area (Å²) >= 11 is 0. The molecule has 0 atom stereocenters. The average Bonchev–Trinajstić information content (AvgIpc) is 2.61. The quantitative estimate of drug-likeness (QED) is 0.804. The van der Waals surface area contributed by atoms with Gasteiger partial charge in [-0.25, -0.2) is 4.79 Å². The number of rotatable bonds is 2. The SMILES string of the molecule is Cc1onc(N2CCCCC2)c1C(=O)O. The molecule has 1 aliphatic heterocycles. The van der Waals surface area contributed by atoms with E-state index in [-0.39, 0.29) is 5.56 Å². The van der Waals surface area contributed by atoms with Crippen molar-refractivity contribution in [2.24, 2.45) is 0 Å². The van der Waals surface area contributed by atoms with Gasteiger partial charge in [0, 0.05) is 13.1 Å². The monoisotopic (exact) mass is 210 g/mol. The second kappa shape index (κ2) is 3.92. The van der Waals surface area contributed by atoms with Gasteiger partial charge in [-0.15, -0.1) is 0 Å². The molecule has 2 heterocycles. The Balaban J connectivity index is 2.30. The molecule has 0 radical (unpaired) electrons. The number of piperidine rings is 1. The number of aromatic carboxylic acids is 1. The highest BCUT2D eigenvalue weighted by molar-refractivity contribution is 5.94. The topological polar surface area (TPSA) is 66.6 Å². The molecule has 1 fully saturated rings. The summed E-state index contributed by atoms with van der Waals surface area (Å²) in [5, 5.41) is 12.9. The fourth-order valence-corrected chi connectivity index (χ4v) is 1.93. The average molecular weight is 210 g/mol. The number of hydrogen-bond acceptors (Lipinski definition) is 4. The molecule has 2 rings (SSSR count). The maximum atomic E-state index is 11.0. The zero-order valence-electron chi connectivity index (χ0n) is 8.69. The van der Waals surface area contributed by atoms with Gasteiger partial charge in [-0.3, -0.25) is 0 Å². The number of carboxylic acid groups (broad SMARTS) is 1. The summed E-state index contributed by atoms with van der Waals surface area (Å²) in [7, 11) is 0. The zero-order chi connectivity index (χ0) is 10.8. The lowest BCUT2D eigenvalue weighted by atomic mass is 10.1. The standard InChI is InChI=1S/C10H14N2O3/c1-7-8(10(13)14)9(11-15-7)12-5-3-2-4-6-12/h2-6H2,1H3,(H,13,14). The van der Waals surface area contributed by atoms with Crippen LogP contribution in [0, 0.1) is 6.92 Å². The largest absolute Gasteiger partial charge is 0.477 e. The lowest BCUT2D eigenvalue weighted by Gasteiger charge is -2.26. The van der Waals surface area contributed by atoms with Crippen LogP contribution in [-0.2, 0) is 0 Å². The van der Waals surface area contributed by atoms with Crippen molar-refractivity contribution < 1.29 is 14.4 Å². The molecule has 0 saturated carbocycles. The van der Waals surface area contributed by atoms with Crippen LogP contribution in [0.1, 0.15) is 35.4 Å². The summed E-state index contributed by atoms with van der Waals surface area (Å²) < 4.78 is 4.94. The molecule has 0 aliphatic carbocycles. The Morgan fingerprint density at radius 3 is 2.67 bits per heavy atom. The molecule has 1 N–H and O–H groups in total. The van der Waals surface area contributed by atoms with Gasteiger partial charge in [-0.1, -0.05) is 5.16 Å². The minimum absolute atomic E-state index is 0.205. The molecule has 1 aromatic heterocycles. The summed E-state index contributed by atoms with van der Waals surface area (Å²) in [4.78, 5) is 13.0. The fourth-order valence-electron chi connectivity index (χ4n) is 1.93. The van der Waals surface area contributed by atoms with E-state index < -0.39 is 5.97 Å². The summed E-state index contributed by atoms with van der Waals surface area (Å²) in [5.74, 6) is -0.0999. The van der Waals surface area contributed by atoms with E-state index in [0.29, 0.717) is 11.6 Å². The Morgan fingerprint density at radius 1 is 1.40 bits per heavy atom. The first-order valence-electron chi connectivity index (χ1n) is 5.14. The summed E-state index contributed by atoms with van der Waals surface area (Å²) in [6, 6.07) is 0. The summed E-state index contributed by atoms with van der Waals surface area (Å²) in [5.41, 5.74) is 0.205. The molecule has 1 aliphatic rings. The van der Waals surface area contributed by atoms with Crippen LogP contribution in [0.15, 0.2) is 4.52 Å². The molecule has 1 aromatic rings. The Morgan fingerprint density at radius 2 is 2.07 bits per heavy atom. The molecule has 0 aromatic carbocycles. The third-order valence-electron chi connectivity index (χ3n) is 2.71.